The number of nitrogens with one attached hydrogen (secondary N) is 1. The minimum atomic E-state index is -1.00. The molecule has 1 aromatic rings. The van der Waals surface area contributed by atoms with Crippen LogP contribution in [0.5, 0.6) is 0 Å². The van der Waals surface area contributed by atoms with Crippen LogP contribution in [0.4, 0.5) is 0 Å². The Morgan fingerprint density at radius 3 is 2.33 bits per heavy atom. The Kier molecular flexibility index (Phi) is 7.40. The van der Waals surface area contributed by atoms with Gasteiger partial charge in [-0.1, -0.05) is 51.1 Å². The standard InChI is InChI=1S/C17H28N2O2/c1-4-13-19(6-3)14-12-17(16(20)21,18-5-2)15-10-8-7-9-11-15/h7-11,18H,4-6,12-14H2,1-3H3,(H,20,21). The highest BCUT2D eigenvalue weighted by molar-refractivity contribution is 5.80. The molecular formula is C17H28N2O2. The van der Waals surface area contributed by atoms with Gasteiger partial charge in [-0.05, 0) is 38.0 Å². The van der Waals surface area contributed by atoms with E-state index in [1.165, 1.54) is 0 Å². The summed E-state index contributed by atoms with van der Waals surface area (Å²) in [6.45, 7) is 9.57. The lowest BCUT2D eigenvalue weighted by atomic mass is 9.86. The van der Waals surface area contributed by atoms with Crippen molar-refractivity contribution < 1.29 is 9.90 Å². The van der Waals surface area contributed by atoms with Gasteiger partial charge in [0.2, 0.25) is 0 Å². The first-order valence-corrected chi connectivity index (χ1v) is 7.87. The van der Waals surface area contributed by atoms with Crippen molar-refractivity contribution >= 4 is 5.97 Å². The van der Waals surface area contributed by atoms with Gasteiger partial charge >= 0.3 is 5.97 Å². The first-order valence-electron chi connectivity index (χ1n) is 7.87. The number of benzene rings is 1. The van der Waals surface area contributed by atoms with Crippen LogP contribution in [0, 0.1) is 0 Å². The van der Waals surface area contributed by atoms with Crippen molar-refractivity contribution in [2.45, 2.75) is 39.2 Å². The highest BCUT2D eigenvalue weighted by Crippen LogP contribution is 2.26. The number of carboxylic acid groups (broad SMARTS) is 1. The molecule has 0 saturated carbocycles. The van der Waals surface area contributed by atoms with Crippen molar-refractivity contribution in [3.63, 3.8) is 0 Å². The Morgan fingerprint density at radius 2 is 1.86 bits per heavy atom. The summed E-state index contributed by atoms with van der Waals surface area (Å²) in [4.78, 5) is 14.3. The van der Waals surface area contributed by atoms with Gasteiger partial charge in [-0.15, -0.1) is 0 Å². The first kappa shape index (κ1) is 17.7. The molecule has 4 nitrogen and oxygen atoms in total. The SMILES string of the molecule is CCCN(CC)CCC(NCC)(C(=O)O)c1ccccc1. The van der Waals surface area contributed by atoms with Crippen LogP contribution in [-0.4, -0.2) is 42.2 Å². The summed E-state index contributed by atoms with van der Waals surface area (Å²) in [5, 5.41) is 13.1. The summed E-state index contributed by atoms with van der Waals surface area (Å²) in [5.41, 5.74) is -0.177. The predicted octanol–water partition coefficient (Wildman–Crippen LogP) is 2.70. The van der Waals surface area contributed by atoms with Crippen molar-refractivity contribution in [1.82, 2.24) is 10.2 Å². The summed E-state index contributed by atoms with van der Waals surface area (Å²) < 4.78 is 0. The predicted molar refractivity (Wildman–Crippen MR) is 86.5 cm³/mol. The molecule has 1 rings (SSSR count). The van der Waals surface area contributed by atoms with Gasteiger partial charge in [0.15, 0.2) is 0 Å². The molecule has 0 aliphatic heterocycles. The molecule has 21 heavy (non-hydrogen) atoms. The summed E-state index contributed by atoms with van der Waals surface area (Å²) in [6.07, 6.45) is 1.65. The Morgan fingerprint density at radius 1 is 1.19 bits per heavy atom. The second-order valence-corrected chi connectivity index (χ2v) is 5.29. The summed E-state index contributed by atoms with van der Waals surface area (Å²) in [5.74, 6) is -0.803. The fraction of sp³-hybridized carbons (Fsp3) is 0.588. The third-order valence-electron chi connectivity index (χ3n) is 3.90. The maximum atomic E-state index is 12.0. The number of aliphatic carboxylic acids is 1. The fourth-order valence-electron chi connectivity index (χ4n) is 2.74. The number of likely N-dealkylation sites (N-methyl/N-ethyl adjacent to an activating group) is 1. The van der Waals surface area contributed by atoms with Crippen molar-refractivity contribution in [1.29, 1.82) is 0 Å². The summed E-state index contributed by atoms with van der Waals surface area (Å²) in [6, 6.07) is 9.50. The molecule has 0 heterocycles. The zero-order valence-electron chi connectivity index (χ0n) is 13.4. The minimum Gasteiger partial charge on any atom is -0.480 e. The number of hydrogen-bond donors (Lipinski definition) is 2. The third-order valence-corrected chi connectivity index (χ3v) is 3.90. The van der Waals surface area contributed by atoms with Gasteiger partial charge in [0, 0.05) is 6.54 Å². The van der Waals surface area contributed by atoms with E-state index in [0.717, 1.165) is 31.6 Å². The highest BCUT2D eigenvalue weighted by Gasteiger charge is 2.39. The topological polar surface area (TPSA) is 52.6 Å². The van der Waals surface area contributed by atoms with Crippen LogP contribution >= 0.6 is 0 Å². The second kappa shape index (κ2) is 8.80. The van der Waals surface area contributed by atoms with Crippen LogP contribution in [0.1, 0.15) is 39.2 Å². The molecule has 0 fully saturated rings. The Labute approximate surface area is 128 Å². The number of rotatable bonds is 10. The second-order valence-electron chi connectivity index (χ2n) is 5.29. The molecule has 0 aromatic heterocycles. The molecule has 0 aliphatic carbocycles. The first-order chi connectivity index (χ1) is 10.1. The van der Waals surface area contributed by atoms with E-state index in [1.807, 2.05) is 37.3 Å². The van der Waals surface area contributed by atoms with E-state index < -0.39 is 11.5 Å². The van der Waals surface area contributed by atoms with E-state index >= 15 is 0 Å². The molecule has 0 radical (unpaired) electrons. The Bertz CT molecular complexity index is 422. The van der Waals surface area contributed by atoms with Crippen molar-refractivity contribution in [2.75, 3.05) is 26.2 Å². The van der Waals surface area contributed by atoms with Crippen molar-refractivity contribution in [3.05, 3.63) is 35.9 Å². The maximum absolute atomic E-state index is 12.0. The van der Waals surface area contributed by atoms with Crippen LogP contribution in [0.3, 0.4) is 0 Å². The minimum absolute atomic E-state index is 0.564. The number of carboxylic acids is 1. The zero-order chi connectivity index (χ0) is 15.7. The van der Waals surface area contributed by atoms with Gasteiger partial charge in [-0.25, -0.2) is 4.79 Å². The van der Waals surface area contributed by atoms with Crippen molar-refractivity contribution in [3.8, 4) is 0 Å². The number of carbonyl (C=O) groups is 1. The van der Waals surface area contributed by atoms with Gasteiger partial charge in [-0.2, -0.15) is 0 Å². The van der Waals surface area contributed by atoms with Gasteiger partial charge < -0.3 is 10.0 Å². The molecule has 2 N–H and O–H groups in total. The molecule has 0 amide bonds. The molecule has 0 aliphatic rings. The van der Waals surface area contributed by atoms with Gasteiger partial charge in [0.1, 0.15) is 5.54 Å². The normalized spacial score (nSPS) is 14.1. The van der Waals surface area contributed by atoms with E-state index in [9.17, 15) is 9.90 Å². The number of hydrogen-bond acceptors (Lipinski definition) is 3. The van der Waals surface area contributed by atoms with E-state index in [2.05, 4.69) is 24.1 Å². The van der Waals surface area contributed by atoms with E-state index in [4.69, 9.17) is 0 Å². The lowest BCUT2D eigenvalue weighted by Gasteiger charge is -2.33. The molecule has 1 unspecified atom stereocenters. The van der Waals surface area contributed by atoms with Gasteiger partial charge in [0.05, 0.1) is 0 Å². The molecule has 1 aromatic carbocycles. The van der Waals surface area contributed by atoms with Gasteiger partial charge in [0.25, 0.3) is 0 Å². The van der Waals surface area contributed by atoms with Gasteiger partial charge in [-0.3, -0.25) is 5.32 Å². The Balaban J connectivity index is 2.99. The van der Waals surface area contributed by atoms with Crippen LogP contribution in [0.15, 0.2) is 30.3 Å². The largest absolute Gasteiger partial charge is 0.480 e. The average Bonchev–Trinajstić information content (AvgIpc) is 2.50. The smallest absolute Gasteiger partial charge is 0.328 e. The molecule has 0 bridgehead atoms. The van der Waals surface area contributed by atoms with E-state index in [0.29, 0.717) is 13.0 Å². The number of nitrogens with zero attached hydrogens (tertiary/aromatic N) is 1. The maximum Gasteiger partial charge on any atom is 0.328 e. The van der Waals surface area contributed by atoms with E-state index in [-0.39, 0.29) is 0 Å². The molecule has 0 saturated heterocycles. The summed E-state index contributed by atoms with van der Waals surface area (Å²) >= 11 is 0. The highest BCUT2D eigenvalue weighted by atomic mass is 16.4. The molecule has 0 spiro atoms. The summed E-state index contributed by atoms with van der Waals surface area (Å²) in [7, 11) is 0. The lowest BCUT2D eigenvalue weighted by molar-refractivity contribution is -0.146. The van der Waals surface area contributed by atoms with Crippen LogP contribution in [-0.2, 0) is 10.3 Å². The van der Waals surface area contributed by atoms with Crippen LogP contribution in [0.2, 0.25) is 0 Å². The fourth-order valence-corrected chi connectivity index (χ4v) is 2.74. The quantitative estimate of drug-likeness (QED) is 0.696. The molecule has 118 valence electrons. The third kappa shape index (κ3) is 4.55. The monoisotopic (exact) mass is 292 g/mol. The molecule has 4 heteroatoms. The van der Waals surface area contributed by atoms with Crippen LogP contribution < -0.4 is 5.32 Å². The van der Waals surface area contributed by atoms with E-state index in [1.54, 1.807) is 0 Å². The molecule has 1 atom stereocenters. The van der Waals surface area contributed by atoms with Crippen LogP contribution in [0.25, 0.3) is 0 Å². The Hall–Kier alpha value is -1.39. The molecular weight excluding hydrogens is 264 g/mol. The zero-order valence-corrected chi connectivity index (χ0v) is 13.4. The lowest BCUT2D eigenvalue weighted by Crippen LogP contribution is -2.51. The van der Waals surface area contributed by atoms with Crippen molar-refractivity contribution in [2.24, 2.45) is 0 Å². The average molecular weight is 292 g/mol.